The van der Waals surface area contributed by atoms with Gasteiger partial charge in [0.1, 0.15) is 11.3 Å². The van der Waals surface area contributed by atoms with E-state index in [4.69, 9.17) is 14.7 Å². The molecule has 0 N–H and O–H groups in total. The number of aryl methyl sites for hydroxylation is 1. The van der Waals surface area contributed by atoms with Crippen LogP contribution < -0.4 is 4.90 Å². The molecule has 0 unspecified atom stereocenters. The van der Waals surface area contributed by atoms with Crippen molar-refractivity contribution in [2.24, 2.45) is 0 Å². The summed E-state index contributed by atoms with van der Waals surface area (Å²) in [5.41, 5.74) is 1.88. The Morgan fingerprint density at radius 1 is 1.12 bits per heavy atom. The Balaban J connectivity index is 1.73. The molecule has 4 heterocycles. The van der Waals surface area contributed by atoms with Crippen molar-refractivity contribution in [3.05, 3.63) is 12.0 Å². The number of imidazole rings is 1. The molecular weight excluding hydrogens is 304 g/mol. The number of rotatable bonds is 3. The zero-order chi connectivity index (χ0) is 16.5. The maximum absolute atomic E-state index is 5.56. The quantitative estimate of drug-likeness (QED) is 0.852. The number of piperazine rings is 1. The van der Waals surface area contributed by atoms with Crippen LogP contribution in [0.3, 0.4) is 0 Å². The van der Waals surface area contributed by atoms with Crippen LogP contribution in [0.4, 0.5) is 5.95 Å². The fourth-order valence-electron chi connectivity index (χ4n) is 3.73. The van der Waals surface area contributed by atoms with Gasteiger partial charge in [-0.3, -0.25) is 4.57 Å². The van der Waals surface area contributed by atoms with E-state index in [0.717, 1.165) is 81.7 Å². The van der Waals surface area contributed by atoms with Gasteiger partial charge in [-0.1, -0.05) is 6.92 Å². The van der Waals surface area contributed by atoms with Crippen molar-refractivity contribution in [1.29, 1.82) is 0 Å². The van der Waals surface area contributed by atoms with Gasteiger partial charge in [-0.05, 0) is 26.3 Å². The Morgan fingerprint density at radius 3 is 2.58 bits per heavy atom. The number of likely N-dealkylation sites (N-methyl/N-ethyl adjacent to an activating group) is 1. The summed E-state index contributed by atoms with van der Waals surface area (Å²) in [5, 5.41) is 0. The van der Waals surface area contributed by atoms with Crippen molar-refractivity contribution in [2.75, 3.05) is 50.8 Å². The predicted molar refractivity (Wildman–Crippen MR) is 93.5 cm³/mol. The number of ether oxygens (including phenoxy) is 1. The van der Waals surface area contributed by atoms with E-state index >= 15 is 0 Å². The summed E-state index contributed by atoms with van der Waals surface area (Å²) in [7, 11) is 0. The molecule has 24 heavy (non-hydrogen) atoms. The molecule has 2 aliphatic heterocycles. The molecule has 130 valence electrons. The van der Waals surface area contributed by atoms with Gasteiger partial charge < -0.3 is 14.5 Å². The summed E-state index contributed by atoms with van der Waals surface area (Å²) in [4.78, 5) is 18.9. The molecule has 0 atom stereocenters. The van der Waals surface area contributed by atoms with Crippen molar-refractivity contribution in [2.45, 2.75) is 32.7 Å². The number of nitrogens with zero attached hydrogens (tertiary/aromatic N) is 6. The lowest BCUT2D eigenvalue weighted by molar-refractivity contribution is 0.0706. The molecular formula is C17H26N6O. The normalized spacial score (nSPS) is 20.8. The molecule has 0 amide bonds. The summed E-state index contributed by atoms with van der Waals surface area (Å²) in [6.07, 6.45) is 3.91. The maximum atomic E-state index is 5.56. The number of hydrogen-bond donors (Lipinski definition) is 0. The topological polar surface area (TPSA) is 59.3 Å². The standard InChI is InChI=1S/C17H26N6O/c1-3-21-6-8-22(9-7-21)17-20-15-12-18-13(2)19-16(15)23(17)14-4-10-24-11-5-14/h12,14H,3-11H2,1-2H3. The Hall–Kier alpha value is -1.73. The molecule has 0 aliphatic carbocycles. The lowest BCUT2D eigenvalue weighted by Gasteiger charge is -2.36. The molecule has 7 nitrogen and oxygen atoms in total. The third-order valence-corrected chi connectivity index (χ3v) is 5.19. The molecule has 0 spiro atoms. The highest BCUT2D eigenvalue weighted by Crippen LogP contribution is 2.31. The van der Waals surface area contributed by atoms with Gasteiger partial charge >= 0.3 is 0 Å². The lowest BCUT2D eigenvalue weighted by Crippen LogP contribution is -2.47. The largest absolute Gasteiger partial charge is 0.381 e. The fraction of sp³-hybridized carbons (Fsp3) is 0.706. The average Bonchev–Trinajstić information content (AvgIpc) is 3.01. The molecule has 2 saturated heterocycles. The Bertz CT molecular complexity index is 700. The summed E-state index contributed by atoms with van der Waals surface area (Å²) in [5.74, 6) is 1.87. The second-order valence-electron chi connectivity index (χ2n) is 6.67. The Labute approximate surface area is 142 Å². The van der Waals surface area contributed by atoms with E-state index in [0.29, 0.717) is 6.04 Å². The molecule has 0 saturated carbocycles. The first kappa shape index (κ1) is 15.8. The number of anilines is 1. The smallest absolute Gasteiger partial charge is 0.208 e. The molecule has 2 aromatic rings. The molecule has 0 bridgehead atoms. The van der Waals surface area contributed by atoms with E-state index < -0.39 is 0 Å². The second-order valence-corrected chi connectivity index (χ2v) is 6.67. The predicted octanol–water partition coefficient (Wildman–Crippen LogP) is 1.63. The molecule has 0 radical (unpaired) electrons. The van der Waals surface area contributed by atoms with Crippen LogP contribution in [0.5, 0.6) is 0 Å². The average molecular weight is 330 g/mol. The van der Waals surface area contributed by atoms with Gasteiger partial charge in [0.15, 0.2) is 5.65 Å². The molecule has 7 heteroatoms. The van der Waals surface area contributed by atoms with Crippen LogP contribution in [0.15, 0.2) is 6.20 Å². The van der Waals surface area contributed by atoms with Gasteiger partial charge in [0.25, 0.3) is 0 Å². The minimum Gasteiger partial charge on any atom is -0.381 e. The minimum absolute atomic E-state index is 0.414. The van der Waals surface area contributed by atoms with Crippen molar-refractivity contribution in [3.8, 4) is 0 Å². The fourth-order valence-corrected chi connectivity index (χ4v) is 3.73. The summed E-state index contributed by atoms with van der Waals surface area (Å²) in [6.45, 7) is 11.2. The molecule has 0 aromatic carbocycles. The van der Waals surface area contributed by atoms with Crippen molar-refractivity contribution in [3.63, 3.8) is 0 Å². The number of aromatic nitrogens is 4. The lowest BCUT2D eigenvalue weighted by atomic mass is 10.1. The highest BCUT2D eigenvalue weighted by Gasteiger charge is 2.27. The highest BCUT2D eigenvalue weighted by atomic mass is 16.5. The van der Waals surface area contributed by atoms with E-state index in [2.05, 4.69) is 26.3 Å². The van der Waals surface area contributed by atoms with E-state index in [1.54, 1.807) is 0 Å². The van der Waals surface area contributed by atoms with Crippen molar-refractivity contribution in [1.82, 2.24) is 24.4 Å². The third kappa shape index (κ3) is 2.86. The second kappa shape index (κ2) is 6.64. The van der Waals surface area contributed by atoms with Crippen molar-refractivity contribution >= 4 is 17.1 Å². The molecule has 2 aliphatic rings. The van der Waals surface area contributed by atoms with Gasteiger partial charge in [-0.25, -0.2) is 15.0 Å². The van der Waals surface area contributed by atoms with Crippen LogP contribution in [-0.2, 0) is 4.74 Å². The SMILES string of the molecule is CCN1CCN(c2nc3cnc(C)nc3n2C2CCOCC2)CC1. The number of hydrogen-bond acceptors (Lipinski definition) is 6. The van der Waals surface area contributed by atoms with Crippen LogP contribution in [-0.4, -0.2) is 70.4 Å². The van der Waals surface area contributed by atoms with E-state index in [1.165, 1.54) is 0 Å². The molecule has 4 rings (SSSR count). The Kier molecular flexibility index (Phi) is 4.37. The summed E-state index contributed by atoms with van der Waals surface area (Å²) < 4.78 is 7.92. The minimum atomic E-state index is 0.414. The van der Waals surface area contributed by atoms with E-state index in [9.17, 15) is 0 Å². The van der Waals surface area contributed by atoms with Gasteiger partial charge in [0.05, 0.1) is 6.20 Å². The summed E-state index contributed by atoms with van der Waals surface area (Å²) in [6, 6.07) is 0.414. The van der Waals surface area contributed by atoms with E-state index in [-0.39, 0.29) is 0 Å². The molecule has 2 fully saturated rings. The van der Waals surface area contributed by atoms with Crippen LogP contribution >= 0.6 is 0 Å². The first-order valence-electron chi connectivity index (χ1n) is 9.03. The van der Waals surface area contributed by atoms with Gasteiger partial charge in [0, 0.05) is 45.4 Å². The van der Waals surface area contributed by atoms with Crippen LogP contribution in [0, 0.1) is 6.92 Å². The van der Waals surface area contributed by atoms with Crippen LogP contribution in [0.2, 0.25) is 0 Å². The zero-order valence-electron chi connectivity index (χ0n) is 14.6. The highest BCUT2D eigenvalue weighted by molar-refractivity contribution is 5.74. The zero-order valence-corrected chi connectivity index (χ0v) is 14.6. The number of fused-ring (bicyclic) bond motifs is 1. The summed E-state index contributed by atoms with van der Waals surface area (Å²) >= 11 is 0. The Morgan fingerprint density at radius 2 is 1.88 bits per heavy atom. The molecule has 2 aromatic heterocycles. The van der Waals surface area contributed by atoms with Gasteiger partial charge in [-0.2, -0.15) is 0 Å². The van der Waals surface area contributed by atoms with Gasteiger partial charge in [-0.15, -0.1) is 0 Å². The van der Waals surface area contributed by atoms with Crippen LogP contribution in [0.1, 0.15) is 31.6 Å². The van der Waals surface area contributed by atoms with Gasteiger partial charge in [0.2, 0.25) is 5.95 Å². The van der Waals surface area contributed by atoms with E-state index in [1.807, 2.05) is 13.1 Å². The maximum Gasteiger partial charge on any atom is 0.208 e. The van der Waals surface area contributed by atoms with Crippen molar-refractivity contribution < 1.29 is 4.74 Å². The third-order valence-electron chi connectivity index (χ3n) is 5.19. The monoisotopic (exact) mass is 330 g/mol. The van der Waals surface area contributed by atoms with Crippen LogP contribution in [0.25, 0.3) is 11.2 Å². The first-order chi connectivity index (χ1) is 11.8. The first-order valence-corrected chi connectivity index (χ1v) is 9.03.